The monoisotopic (exact) mass is 260 g/mol. The largest absolute Gasteiger partial charge is 0.397 e. The van der Waals surface area contributed by atoms with Crippen LogP contribution in [0.5, 0.6) is 0 Å². The van der Waals surface area contributed by atoms with Gasteiger partial charge in [0.15, 0.2) is 0 Å². The molecule has 4 nitrogen and oxygen atoms in total. The van der Waals surface area contributed by atoms with Crippen molar-refractivity contribution in [2.75, 3.05) is 11.1 Å². The van der Waals surface area contributed by atoms with Crippen molar-refractivity contribution in [3.63, 3.8) is 0 Å². The lowest BCUT2D eigenvalue weighted by atomic mass is 10.1. The van der Waals surface area contributed by atoms with Gasteiger partial charge in [-0.25, -0.2) is 0 Å². The summed E-state index contributed by atoms with van der Waals surface area (Å²) in [5.74, 6) is 0. The van der Waals surface area contributed by atoms with Gasteiger partial charge in [-0.05, 0) is 42.5 Å². The lowest BCUT2D eigenvalue weighted by molar-refractivity contribution is 1.41. The zero-order valence-corrected chi connectivity index (χ0v) is 10.7. The number of hydrogen-bond donors (Lipinski definition) is 2. The first-order chi connectivity index (χ1) is 9.76. The van der Waals surface area contributed by atoms with Crippen molar-refractivity contribution in [3.8, 4) is 6.07 Å². The Labute approximate surface area is 116 Å². The highest BCUT2D eigenvalue weighted by Crippen LogP contribution is 2.26. The predicted octanol–water partition coefficient (Wildman–Crippen LogP) is 3.43. The third-order valence-corrected chi connectivity index (χ3v) is 3.06. The van der Waals surface area contributed by atoms with E-state index in [1.54, 1.807) is 24.4 Å². The predicted molar refractivity (Wildman–Crippen MR) is 80.6 cm³/mol. The zero-order chi connectivity index (χ0) is 13.9. The van der Waals surface area contributed by atoms with Gasteiger partial charge in [0.05, 0.1) is 28.5 Å². The molecule has 3 rings (SSSR count). The van der Waals surface area contributed by atoms with Gasteiger partial charge in [-0.15, -0.1) is 0 Å². The molecular weight excluding hydrogens is 248 g/mol. The second-order valence-electron chi connectivity index (χ2n) is 4.45. The highest BCUT2D eigenvalue weighted by molar-refractivity contribution is 5.84. The minimum atomic E-state index is 0.573. The molecule has 2 aromatic carbocycles. The number of aromatic nitrogens is 1. The molecule has 0 saturated carbocycles. The van der Waals surface area contributed by atoms with E-state index in [0.717, 1.165) is 22.3 Å². The molecule has 0 spiro atoms. The van der Waals surface area contributed by atoms with Crippen LogP contribution >= 0.6 is 0 Å². The van der Waals surface area contributed by atoms with Crippen LogP contribution < -0.4 is 11.1 Å². The number of pyridine rings is 1. The van der Waals surface area contributed by atoms with Crippen LogP contribution in [0.4, 0.5) is 17.1 Å². The molecule has 96 valence electrons. The molecular formula is C16H12N4. The number of nitrogens with one attached hydrogen (secondary N) is 1. The smallest absolute Gasteiger partial charge is 0.0992 e. The quantitative estimate of drug-likeness (QED) is 0.692. The van der Waals surface area contributed by atoms with Crippen molar-refractivity contribution >= 4 is 28.0 Å². The number of nitrogens with two attached hydrogens (primary N) is 1. The topological polar surface area (TPSA) is 74.7 Å². The molecule has 0 atom stereocenters. The number of benzene rings is 2. The van der Waals surface area contributed by atoms with E-state index >= 15 is 0 Å². The summed E-state index contributed by atoms with van der Waals surface area (Å²) < 4.78 is 0. The normalized spacial score (nSPS) is 10.2. The van der Waals surface area contributed by atoms with Crippen molar-refractivity contribution in [3.05, 3.63) is 60.3 Å². The fourth-order valence-electron chi connectivity index (χ4n) is 2.04. The summed E-state index contributed by atoms with van der Waals surface area (Å²) in [5, 5.41) is 13.2. The molecule has 0 aliphatic carbocycles. The summed E-state index contributed by atoms with van der Waals surface area (Å²) in [5.41, 5.74) is 9.68. The maximum atomic E-state index is 8.93. The summed E-state index contributed by atoms with van der Waals surface area (Å²) in [6, 6.07) is 17.1. The number of rotatable bonds is 2. The van der Waals surface area contributed by atoms with E-state index in [2.05, 4.69) is 16.4 Å². The van der Waals surface area contributed by atoms with Crippen molar-refractivity contribution in [1.29, 1.82) is 5.26 Å². The Hall–Kier alpha value is -3.06. The summed E-state index contributed by atoms with van der Waals surface area (Å²) >= 11 is 0. The van der Waals surface area contributed by atoms with Gasteiger partial charge in [0.2, 0.25) is 0 Å². The summed E-state index contributed by atoms with van der Waals surface area (Å²) in [4.78, 5) is 4.28. The highest BCUT2D eigenvalue weighted by atomic mass is 14.9. The van der Waals surface area contributed by atoms with Crippen LogP contribution in [0.15, 0.2) is 54.7 Å². The molecule has 1 heterocycles. The Bertz CT molecular complexity index is 818. The zero-order valence-electron chi connectivity index (χ0n) is 10.7. The lowest BCUT2D eigenvalue weighted by Gasteiger charge is -2.10. The average molecular weight is 260 g/mol. The minimum Gasteiger partial charge on any atom is -0.397 e. The average Bonchev–Trinajstić information content (AvgIpc) is 2.49. The second-order valence-corrected chi connectivity index (χ2v) is 4.45. The Morgan fingerprint density at radius 2 is 2.00 bits per heavy atom. The maximum Gasteiger partial charge on any atom is 0.0992 e. The molecule has 0 aliphatic rings. The van der Waals surface area contributed by atoms with E-state index in [1.165, 1.54) is 0 Å². The molecule has 4 heteroatoms. The van der Waals surface area contributed by atoms with Crippen molar-refractivity contribution in [2.45, 2.75) is 0 Å². The molecule has 0 fully saturated rings. The Morgan fingerprint density at radius 3 is 2.85 bits per heavy atom. The third kappa shape index (κ3) is 2.25. The standard InChI is InChI=1S/C16H12N4/c17-10-11-3-5-14(18)16(8-11)20-13-4-6-15-12(9-13)2-1-7-19-15/h1-9,20H,18H2. The molecule has 20 heavy (non-hydrogen) atoms. The maximum absolute atomic E-state index is 8.93. The summed E-state index contributed by atoms with van der Waals surface area (Å²) in [7, 11) is 0. The van der Waals surface area contributed by atoms with Gasteiger partial charge < -0.3 is 11.1 Å². The number of nitrogens with zero attached hydrogens (tertiary/aromatic N) is 2. The van der Waals surface area contributed by atoms with Crippen LogP contribution in [0.25, 0.3) is 10.9 Å². The Balaban J connectivity index is 1.99. The third-order valence-electron chi connectivity index (χ3n) is 3.06. The molecule has 0 bridgehead atoms. The Kier molecular flexibility index (Phi) is 2.94. The number of nitrogen functional groups attached to an aromatic ring is 1. The van der Waals surface area contributed by atoms with Crippen molar-refractivity contribution in [2.24, 2.45) is 0 Å². The Morgan fingerprint density at radius 1 is 1.10 bits per heavy atom. The number of fused-ring (bicyclic) bond motifs is 1. The van der Waals surface area contributed by atoms with Crippen LogP contribution in [0.2, 0.25) is 0 Å². The van der Waals surface area contributed by atoms with Crippen molar-refractivity contribution < 1.29 is 0 Å². The van der Waals surface area contributed by atoms with Gasteiger partial charge in [-0.1, -0.05) is 6.07 Å². The van der Waals surface area contributed by atoms with Gasteiger partial charge in [-0.2, -0.15) is 5.26 Å². The van der Waals surface area contributed by atoms with E-state index in [4.69, 9.17) is 11.0 Å². The van der Waals surface area contributed by atoms with Gasteiger partial charge in [0.25, 0.3) is 0 Å². The fraction of sp³-hybridized carbons (Fsp3) is 0. The van der Waals surface area contributed by atoms with E-state index in [1.807, 2.05) is 30.3 Å². The van der Waals surface area contributed by atoms with Crippen LogP contribution in [0.3, 0.4) is 0 Å². The van der Waals surface area contributed by atoms with E-state index in [-0.39, 0.29) is 0 Å². The first-order valence-corrected chi connectivity index (χ1v) is 6.18. The van der Waals surface area contributed by atoms with E-state index in [9.17, 15) is 0 Å². The fourth-order valence-corrected chi connectivity index (χ4v) is 2.04. The number of hydrogen-bond acceptors (Lipinski definition) is 4. The van der Waals surface area contributed by atoms with Crippen LogP contribution in [-0.2, 0) is 0 Å². The van der Waals surface area contributed by atoms with E-state index < -0.39 is 0 Å². The first-order valence-electron chi connectivity index (χ1n) is 6.18. The number of anilines is 3. The molecule has 0 radical (unpaired) electrons. The van der Waals surface area contributed by atoms with Gasteiger partial charge in [0.1, 0.15) is 0 Å². The molecule has 0 amide bonds. The number of nitriles is 1. The molecule has 1 aromatic heterocycles. The second kappa shape index (κ2) is 4.90. The SMILES string of the molecule is N#Cc1ccc(N)c(Nc2ccc3ncccc3c2)c1. The molecule has 0 unspecified atom stereocenters. The minimum absolute atomic E-state index is 0.573. The molecule has 0 saturated heterocycles. The van der Waals surface area contributed by atoms with Crippen LogP contribution in [0, 0.1) is 11.3 Å². The van der Waals surface area contributed by atoms with Gasteiger partial charge in [-0.3, -0.25) is 4.98 Å². The van der Waals surface area contributed by atoms with Crippen LogP contribution in [0.1, 0.15) is 5.56 Å². The van der Waals surface area contributed by atoms with Crippen LogP contribution in [-0.4, -0.2) is 4.98 Å². The molecule has 0 aliphatic heterocycles. The van der Waals surface area contributed by atoms with Crippen molar-refractivity contribution in [1.82, 2.24) is 4.98 Å². The van der Waals surface area contributed by atoms with E-state index in [0.29, 0.717) is 11.3 Å². The van der Waals surface area contributed by atoms with Gasteiger partial charge in [0, 0.05) is 17.3 Å². The summed E-state index contributed by atoms with van der Waals surface area (Å²) in [6.45, 7) is 0. The highest BCUT2D eigenvalue weighted by Gasteiger charge is 2.03. The molecule has 3 aromatic rings. The first kappa shape index (κ1) is 12.0. The lowest BCUT2D eigenvalue weighted by Crippen LogP contribution is -1.97. The summed E-state index contributed by atoms with van der Waals surface area (Å²) in [6.07, 6.45) is 1.77. The molecule has 3 N–H and O–H groups in total. The van der Waals surface area contributed by atoms with Gasteiger partial charge >= 0.3 is 0 Å².